The van der Waals surface area contributed by atoms with Gasteiger partial charge in [-0.15, -0.1) is 0 Å². The number of hydrogen-bond acceptors (Lipinski definition) is 5. The Balaban J connectivity index is 1.63. The molecule has 0 saturated carbocycles. The van der Waals surface area contributed by atoms with Gasteiger partial charge >= 0.3 is 12.5 Å². The molecule has 2 heterocycles. The third-order valence-electron chi connectivity index (χ3n) is 4.51. The molecule has 0 aliphatic carbocycles. The molecule has 0 saturated heterocycles. The molecule has 1 amide bonds. The van der Waals surface area contributed by atoms with Gasteiger partial charge < -0.3 is 15.4 Å². The molecular formula is C22H17F4N5O2. The number of halogens is 4. The monoisotopic (exact) mass is 459 g/mol. The number of carbonyl (C=O) groups excluding carboxylic acids is 1. The molecule has 2 aromatic carbocycles. The highest BCUT2D eigenvalue weighted by atomic mass is 19.3. The second-order valence-electron chi connectivity index (χ2n) is 6.99. The topological polar surface area (TPSA) is 80.5 Å². The summed E-state index contributed by atoms with van der Waals surface area (Å²) < 4.78 is 57.2. The molecular weight excluding hydrogens is 442 g/mol. The minimum Gasteiger partial charge on any atom is -0.428 e. The Bertz CT molecular complexity index is 1310. The molecule has 0 aliphatic rings. The number of rotatable bonds is 7. The van der Waals surface area contributed by atoms with Gasteiger partial charge in [-0.1, -0.05) is 18.2 Å². The highest BCUT2D eigenvalue weighted by molar-refractivity contribution is 5.89. The number of fused-ring (bicyclic) bond motifs is 1. The lowest BCUT2D eigenvalue weighted by Gasteiger charge is -2.17. The second kappa shape index (κ2) is 8.77. The second-order valence-corrected chi connectivity index (χ2v) is 6.99. The minimum atomic E-state index is -4.61. The Morgan fingerprint density at radius 1 is 1.09 bits per heavy atom. The van der Waals surface area contributed by atoms with E-state index >= 15 is 0 Å². The average Bonchev–Trinajstić information content (AvgIpc) is 3.18. The van der Waals surface area contributed by atoms with E-state index in [2.05, 4.69) is 25.3 Å². The van der Waals surface area contributed by atoms with E-state index in [-0.39, 0.29) is 11.6 Å². The van der Waals surface area contributed by atoms with E-state index in [1.807, 2.05) is 6.07 Å². The van der Waals surface area contributed by atoms with Gasteiger partial charge in [0.25, 0.3) is 0 Å². The van der Waals surface area contributed by atoms with E-state index in [4.69, 9.17) is 0 Å². The first-order valence-electron chi connectivity index (χ1n) is 9.65. The number of nitrogens with zero attached hydrogens (tertiary/aromatic N) is 3. The lowest BCUT2D eigenvalue weighted by atomic mass is 10.1. The summed E-state index contributed by atoms with van der Waals surface area (Å²) >= 11 is 0. The van der Waals surface area contributed by atoms with Gasteiger partial charge in [-0.25, -0.2) is 9.97 Å². The zero-order valence-electron chi connectivity index (χ0n) is 17.1. The third-order valence-corrected chi connectivity index (χ3v) is 4.51. The normalized spacial score (nSPS) is 11.6. The maximum absolute atomic E-state index is 13.2. The van der Waals surface area contributed by atoms with Crippen LogP contribution in [0.2, 0.25) is 0 Å². The summed E-state index contributed by atoms with van der Waals surface area (Å²) in [6.45, 7) is 1.42. The van der Waals surface area contributed by atoms with Crippen LogP contribution < -0.4 is 15.4 Å². The van der Waals surface area contributed by atoms with Crippen LogP contribution >= 0.6 is 0 Å². The third kappa shape index (κ3) is 4.86. The zero-order valence-corrected chi connectivity index (χ0v) is 17.1. The Morgan fingerprint density at radius 3 is 2.61 bits per heavy atom. The molecule has 0 radical (unpaired) electrons. The maximum Gasteiger partial charge on any atom is 0.461 e. The van der Waals surface area contributed by atoms with Gasteiger partial charge in [0.05, 0.1) is 11.9 Å². The zero-order chi connectivity index (χ0) is 23.6. The molecule has 2 aromatic heterocycles. The van der Waals surface area contributed by atoms with Gasteiger partial charge in [0.15, 0.2) is 11.5 Å². The van der Waals surface area contributed by atoms with E-state index in [9.17, 15) is 22.4 Å². The van der Waals surface area contributed by atoms with E-state index < -0.39 is 18.3 Å². The molecule has 0 unspecified atom stereocenters. The van der Waals surface area contributed by atoms with Crippen molar-refractivity contribution in [3.8, 4) is 17.0 Å². The fourth-order valence-corrected chi connectivity index (χ4v) is 3.16. The van der Waals surface area contributed by atoms with Crippen LogP contribution in [0.3, 0.4) is 0 Å². The first-order valence-corrected chi connectivity index (χ1v) is 9.65. The molecule has 0 aliphatic heterocycles. The summed E-state index contributed by atoms with van der Waals surface area (Å²) in [6, 6.07) is 12.4. The molecule has 4 rings (SSSR count). The van der Waals surface area contributed by atoms with E-state index in [0.717, 1.165) is 23.4 Å². The molecule has 11 heteroatoms. The largest absolute Gasteiger partial charge is 0.461 e. The van der Waals surface area contributed by atoms with Gasteiger partial charge in [-0.3, -0.25) is 9.20 Å². The van der Waals surface area contributed by atoms with Crippen molar-refractivity contribution < 1.29 is 27.1 Å². The fraction of sp³-hybridized carbons (Fsp3) is 0.136. The number of benzene rings is 2. The van der Waals surface area contributed by atoms with Crippen molar-refractivity contribution in [2.24, 2.45) is 0 Å². The standard InChI is InChI=1S/C22H17F4N5O2/c1-13(32)29-15-5-2-4-14(10-15)18-12-28-20-19(27-8-9-31(18)20)30-16-6-3-7-17(11-16)33-22(25,26)21(23)24/h2-12,21H,1H3,(H,27,30)(H,29,32). The Kier molecular flexibility index (Phi) is 5.86. The van der Waals surface area contributed by atoms with Crippen molar-refractivity contribution in [3.05, 3.63) is 67.1 Å². The number of alkyl halides is 4. The molecule has 0 atom stereocenters. The number of hydrogen-bond donors (Lipinski definition) is 2. The highest BCUT2D eigenvalue weighted by Crippen LogP contribution is 2.31. The summed E-state index contributed by atoms with van der Waals surface area (Å²) in [6.07, 6.45) is -3.74. The van der Waals surface area contributed by atoms with Crippen molar-refractivity contribution in [3.63, 3.8) is 0 Å². The number of ether oxygens (including phenoxy) is 1. The van der Waals surface area contributed by atoms with Crippen LogP contribution in [-0.4, -0.2) is 32.8 Å². The molecule has 0 bridgehead atoms. The van der Waals surface area contributed by atoms with Crippen LogP contribution in [0.25, 0.3) is 16.9 Å². The Hall–Kier alpha value is -4.15. The van der Waals surface area contributed by atoms with Gasteiger partial charge in [0.1, 0.15) is 5.75 Å². The summed E-state index contributed by atoms with van der Waals surface area (Å²) in [5, 5.41) is 5.66. The van der Waals surface area contributed by atoms with Crippen LogP contribution in [0, 0.1) is 0 Å². The molecule has 4 aromatic rings. The number of carbonyl (C=O) groups is 1. The van der Waals surface area contributed by atoms with E-state index in [1.54, 1.807) is 41.1 Å². The van der Waals surface area contributed by atoms with Gasteiger partial charge in [-0.2, -0.15) is 17.6 Å². The van der Waals surface area contributed by atoms with E-state index in [0.29, 0.717) is 17.2 Å². The summed E-state index contributed by atoms with van der Waals surface area (Å²) in [4.78, 5) is 20.0. The average molecular weight is 459 g/mol. The number of nitrogens with one attached hydrogen (secondary N) is 2. The molecule has 0 spiro atoms. The molecule has 0 fully saturated rings. The number of amides is 1. The molecule has 2 N–H and O–H groups in total. The quantitative estimate of drug-likeness (QED) is 0.365. The van der Waals surface area contributed by atoms with Gasteiger partial charge in [-0.05, 0) is 24.3 Å². The first-order chi connectivity index (χ1) is 15.7. The van der Waals surface area contributed by atoms with Crippen molar-refractivity contribution in [1.82, 2.24) is 14.4 Å². The number of imidazole rings is 1. The van der Waals surface area contributed by atoms with Crippen molar-refractivity contribution in [1.29, 1.82) is 0 Å². The Labute approximate surface area is 185 Å². The smallest absolute Gasteiger partial charge is 0.428 e. The van der Waals surface area contributed by atoms with Crippen LogP contribution in [0.15, 0.2) is 67.1 Å². The SMILES string of the molecule is CC(=O)Nc1cccc(-c2cnc3c(Nc4cccc(OC(F)(F)C(F)F)c4)nccn23)c1. The summed E-state index contributed by atoms with van der Waals surface area (Å²) in [7, 11) is 0. The first kappa shape index (κ1) is 22.1. The van der Waals surface area contributed by atoms with Crippen LogP contribution in [0.1, 0.15) is 6.92 Å². The Morgan fingerprint density at radius 2 is 1.85 bits per heavy atom. The maximum atomic E-state index is 13.2. The van der Waals surface area contributed by atoms with Crippen LogP contribution in [0.4, 0.5) is 34.8 Å². The van der Waals surface area contributed by atoms with Crippen LogP contribution in [0.5, 0.6) is 5.75 Å². The molecule has 33 heavy (non-hydrogen) atoms. The van der Waals surface area contributed by atoms with Crippen molar-refractivity contribution in [2.45, 2.75) is 19.5 Å². The van der Waals surface area contributed by atoms with E-state index in [1.165, 1.54) is 19.2 Å². The van der Waals surface area contributed by atoms with Crippen molar-refractivity contribution >= 4 is 28.7 Å². The molecule has 7 nitrogen and oxygen atoms in total. The van der Waals surface area contributed by atoms with Gasteiger partial charge in [0, 0.05) is 42.3 Å². The number of aromatic nitrogens is 3. The van der Waals surface area contributed by atoms with Crippen LogP contribution in [-0.2, 0) is 4.79 Å². The highest BCUT2D eigenvalue weighted by Gasteiger charge is 2.44. The van der Waals surface area contributed by atoms with Crippen molar-refractivity contribution in [2.75, 3.05) is 10.6 Å². The molecule has 170 valence electrons. The summed E-state index contributed by atoms with van der Waals surface area (Å²) in [5.74, 6) is -0.325. The predicted molar refractivity (Wildman–Crippen MR) is 114 cm³/mol. The lowest BCUT2D eigenvalue weighted by Crippen LogP contribution is -2.33. The summed E-state index contributed by atoms with van der Waals surface area (Å²) in [5.41, 5.74) is 2.85. The lowest BCUT2D eigenvalue weighted by molar-refractivity contribution is -0.253. The van der Waals surface area contributed by atoms with Gasteiger partial charge in [0.2, 0.25) is 5.91 Å². The predicted octanol–water partition coefficient (Wildman–Crippen LogP) is 5.34. The minimum absolute atomic E-state index is 0.196. The number of anilines is 3. The fourth-order valence-electron chi connectivity index (χ4n) is 3.16.